The van der Waals surface area contributed by atoms with E-state index in [1.54, 1.807) is 0 Å². The van der Waals surface area contributed by atoms with Gasteiger partial charge in [-0.2, -0.15) is 8.78 Å². The molecule has 4 fully saturated rings. The van der Waals surface area contributed by atoms with Crippen LogP contribution in [0.25, 0.3) is 0 Å². The average molecular weight is 409 g/mol. The third kappa shape index (κ3) is 4.75. The molecule has 29 heavy (non-hydrogen) atoms. The first-order valence-electron chi connectivity index (χ1n) is 12.7. The molecular weight excluding hydrogens is 366 g/mol. The Morgan fingerprint density at radius 1 is 0.759 bits per heavy atom. The van der Waals surface area contributed by atoms with Gasteiger partial charge in [0.2, 0.25) is 0 Å². The van der Waals surface area contributed by atoms with Gasteiger partial charge in [-0.1, -0.05) is 38.3 Å². The van der Waals surface area contributed by atoms with Crippen LogP contribution in [-0.2, 0) is 4.74 Å². The first-order valence-corrected chi connectivity index (χ1v) is 12.7. The highest BCUT2D eigenvalue weighted by molar-refractivity contribution is 4.99. The summed E-state index contributed by atoms with van der Waals surface area (Å²) < 4.78 is 34.2. The molecule has 0 aromatic heterocycles. The second kappa shape index (κ2) is 9.37. The largest absolute Gasteiger partial charge is 0.361 e. The zero-order valence-corrected chi connectivity index (χ0v) is 18.6. The van der Waals surface area contributed by atoms with Crippen molar-refractivity contribution >= 4 is 0 Å². The minimum absolute atomic E-state index is 0.166. The van der Waals surface area contributed by atoms with Crippen molar-refractivity contribution in [3.63, 3.8) is 0 Å². The van der Waals surface area contributed by atoms with E-state index in [1.807, 2.05) is 0 Å². The van der Waals surface area contributed by atoms with Crippen LogP contribution in [0.4, 0.5) is 8.78 Å². The van der Waals surface area contributed by atoms with Crippen molar-refractivity contribution in [2.75, 3.05) is 0 Å². The highest BCUT2D eigenvalue weighted by Crippen LogP contribution is 2.55. The Kier molecular flexibility index (Phi) is 7.03. The van der Waals surface area contributed by atoms with E-state index in [2.05, 4.69) is 26.0 Å². The fourth-order valence-electron chi connectivity index (χ4n) is 7.37. The van der Waals surface area contributed by atoms with Crippen LogP contribution in [0.1, 0.15) is 97.3 Å². The first kappa shape index (κ1) is 21.8. The van der Waals surface area contributed by atoms with Crippen LogP contribution in [0.5, 0.6) is 0 Å². The molecular formula is C26H42F2O. The molecule has 0 bridgehead atoms. The first-order chi connectivity index (χ1) is 14.0. The van der Waals surface area contributed by atoms with Crippen molar-refractivity contribution in [1.82, 2.24) is 0 Å². The second-order valence-electron chi connectivity index (χ2n) is 10.7. The molecule has 0 unspecified atom stereocenters. The van der Waals surface area contributed by atoms with Gasteiger partial charge < -0.3 is 4.74 Å². The highest BCUT2D eigenvalue weighted by Gasteiger charge is 2.62. The minimum atomic E-state index is -2.87. The third-order valence-electron chi connectivity index (χ3n) is 9.24. The molecule has 0 amide bonds. The number of halogens is 2. The molecule has 166 valence electrons. The van der Waals surface area contributed by atoms with Gasteiger partial charge in [-0.15, -0.1) is 0 Å². The van der Waals surface area contributed by atoms with Crippen molar-refractivity contribution in [3.8, 4) is 0 Å². The van der Waals surface area contributed by atoms with Crippen molar-refractivity contribution in [2.24, 2.45) is 41.4 Å². The Morgan fingerprint density at radius 3 is 1.79 bits per heavy atom. The number of alkyl halides is 2. The third-order valence-corrected chi connectivity index (χ3v) is 9.24. The Hall–Kier alpha value is -0.440. The van der Waals surface area contributed by atoms with Crippen LogP contribution < -0.4 is 0 Å². The Labute approximate surface area is 177 Å². The van der Waals surface area contributed by atoms with Gasteiger partial charge in [0, 0.05) is 0 Å². The Bertz CT molecular complexity index is 535. The molecule has 2 atom stereocenters. The zero-order valence-electron chi connectivity index (χ0n) is 18.6. The molecule has 1 aliphatic heterocycles. The molecule has 0 spiro atoms. The monoisotopic (exact) mass is 408 g/mol. The number of hydrogen-bond donors (Lipinski definition) is 0. The predicted molar refractivity (Wildman–Crippen MR) is 115 cm³/mol. The smallest absolute Gasteiger partial charge is 0.316 e. The van der Waals surface area contributed by atoms with Crippen LogP contribution in [0.2, 0.25) is 0 Å². The lowest BCUT2D eigenvalue weighted by molar-refractivity contribution is -0.418. The van der Waals surface area contributed by atoms with Crippen LogP contribution in [-0.4, -0.2) is 12.2 Å². The Morgan fingerprint density at radius 2 is 1.28 bits per heavy atom. The van der Waals surface area contributed by atoms with Crippen molar-refractivity contribution in [1.29, 1.82) is 0 Å². The van der Waals surface area contributed by atoms with Crippen molar-refractivity contribution < 1.29 is 13.5 Å². The van der Waals surface area contributed by atoms with E-state index in [9.17, 15) is 8.78 Å². The summed E-state index contributed by atoms with van der Waals surface area (Å²) in [5.74, 6) is 3.27. The maximum absolute atomic E-state index is 14.5. The fourth-order valence-corrected chi connectivity index (χ4v) is 7.37. The number of hydrogen-bond acceptors (Lipinski definition) is 1. The van der Waals surface area contributed by atoms with Gasteiger partial charge in [-0.05, 0) is 107 Å². The van der Waals surface area contributed by atoms with Crippen molar-refractivity contribution in [3.05, 3.63) is 12.2 Å². The predicted octanol–water partition coefficient (Wildman–Crippen LogP) is 8.00. The SMILES string of the molecule is C/C=C/C1CCC(C2CCC([C@H]3[C@H](C4CCC(CC)CC4)OC3(F)F)CC2)CC1. The lowest BCUT2D eigenvalue weighted by atomic mass is 9.63. The second-order valence-corrected chi connectivity index (χ2v) is 10.7. The van der Waals surface area contributed by atoms with Gasteiger partial charge in [0.15, 0.2) is 0 Å². The molecule has 0 N–H and O–H groups in total. The minimum Gasteiger partial charge on any atom is -0.316 e. The molecule has 0 aromatic carbocycles. The molecule has 3 heteroatoms. The standard InChI is InChI=1S/C26H42F2O/c1-3-5-19-8-10-20(11-9-19)21-14-16-22(17-15-21)24-25(29-26(24,27)28)23-12-6-18(4-2)7-13-23/h3,5,18-25H,4,6-17H2,1-2H3/b5-3+/t18?,19?,20?,21?,22?,23?,24-,25-/m0/s1. The van der Waals surface area contributed by atoms with E-state index in [4.69, 9.17) is 4.74 Å². The summed E-state index contributed by atoms with van der Waals surface area (Å²) >= 11 is 0. The fraction of sp³-hybridized carbons (Fsp3) is 0.923. The van der Waals surface area contributed by atoms with E-state index in [-0.39, 0.29) is 12.0 Å². The summed E-state index contributed by atoms with van der Waals surface area (Å²) in [7, 11) is 0. The normalized spacial score (nSPS) is 45.8. The molecule has 1 heterocycles. The lowest BCUT2D eigenvalue weighted by Crippen LogP contribution is -2.61. The quantitative estimate of drug-likeness (QED) is 0.419. The number of allylic oxidation sites excluding steroid dienone is 2. The van der Waals surface area contributed by atoms with Gasteiger partial charge in [-0.3, -0.25) is 0 Å². The number of ether oxygens (including phenoxy) is 1. The average Bonchev–Trinajstić information content (AvgIpc) is 2.74. The van der Waals surface area contributed by atoms with E-state index in [0.29, 0.717) is 5.92 Å². The molecule has 0 aromatic rings. The summed E-state index contributed by atoms with van der Waals surface area (Å²) in [6.07, 6.45) is 17.1. The van der Waals surface area contributed by atoms with Crippen molar-refractivity contribution in [2.45, 2.75) is 110 Å². The van der Waals surface area contributed by atoms with E-state index >= 15 is 0 Å². The van der Waals surface area contributed by atoms with Crippen LogP contribution in [0.15, 0.2) is 12.2 Å². The summed E-state index contributed by atoms with van der Waals surface area (Å²) in [6.45, 7) is 4.38. The molecule has 3 aliphatic carbocycles. The summed E-state index contributed by atoms with van der Waals surface area (Å²) in [4.78, 5) is 0. The molecule has 3 saturated carbocycles. The van der Waals surface area contributed by atoms with E-state index in [1.165, 1.54) is 57.8 Å². The maximum Gasteiger partial charge on any atom is 0.361 e. The van der Waals surface area contributed by atoms with E-state index in [0.717, 1.165) is 49.4 Å². The number of rotatable bonds is 5. The molecule has 1 saturated heterocycles. The molecule has 4 aliphatic rings. The molecule has 4 rings (SSSR count). The lowest BCUT2D eigenvalue weighted by Gasteiger charge is -2.53. The van der Waals surface area contributed by atoms with Gasteiger partial charge in [0.1, 0.15) is 0 Å². The Balaban J connectivity index is 1.28. The topological polar surface area (TPSA) is 9.23 Å². The van der Waals surface area contributed by atoms with Crippen LogP contribution in [0, 0.1) is 41.4 Å². The maximum atomic E-state index is 14.5. The van der Waals surface area contributed by atoms with Gasteiger partial charge >= 0.3 is 6.11 Å². The van der Waals surface area contributed by atoms with Gasteiger partial charge in [0.25, 0.3) is 0 Å². The highest BCUT2D eigenvalue weighted by atomic mass is 19.3. The van der Waals surface area contributed by atoms with Crippen LogP contribution >= 0.6 is 0 Å². The summed E-state index contributed by atoms with van der Waals surface area (Å²) in [5, 5.41) is 0. The van der Waals surface area contributed by atoms with Gasteiger partial charge in [0.05, 0.1) is 12.0 Å². The molecule has 1 nitrogen and oxygen atoms in total. The van der Waals surface area contributed by atoms with Crippen LogP contribution in [0.3, 0.4) is 0 Å². The van der Waals surface area contributed by atoms with Gasteiger partial charge in [-0.25, -0.2) is 0 Å². The summed E-state index contributed by atoms with van der Waals surface area (Å²) in [6, 6.07) is 0. The zero-order chi connectivity index (χ0) is 20.4. The molecule has 0 radical (unpaired) electrons. The summed E-state index contributed by atoms with van der Waals surface area (Å²) in [5.41, 5.74) is 0. The van der Waals surface area contributed by atoms with E-state index < -0.39 is 12.0 Å².